The topological polar surface area (TPSA) is 74.0 Å². The average Bonchev–Trinajstić information content (AvgIpc) is 3.03. The van der Waals surface area contributed by atoms with Crippen LogP contribution in [0.3, 0.4) is 0 Å². The second-order valence-corrected chi connectivity index (χ2v) is 5.96. The lowest BCUT2D eigenvalue weighted by atomic mass is 10.0. The molecule has 0 fully saturated rings. The molecule has 0 unspecified atom stereocenters. The molecule has 0 aliphatic rings. The number of hydrogen-bond acceptors (Lipinski definition) is 2. The number of H-pyrrole nitrogens is 1. The SMILES string of the molecule is CC(C)c1ccc2[nH]c(C(=O)NNC(=O)c3ccccc3)cc2c1. The normalized spacial score (nSPS) is 10.8. The van der Waals surface area contributed by atoms with E-state index in [9.17, 15) is 9.59 Å². The zero-order valence-electron chi connectivity index (χ0n) is 13.6. The molecule has 0 atom stereocenters. The molecule has 3 rings (SSSR count). The fourth-order valence-electron chi connectivity index (χ4n) is 2.48. The van der Waals surface area contributed by atoms with Crippen LogP contribution in [0.1, 0.15) is 46.2 Å². The summed E-state index contributed by atoms with van der Waals surface area (Å²) >= 11 is 0. The minimum absolute atomic E-state index is 0.359. The van der Waals surface area contributed by atoms with Crippen LogP contribution in [0, 0.1) is 0 Å². The maximum absolute atomic E-state index is 12.2. The zero-order chi connectivity index (χ0) is 17.1. The monoisotopic (exact) mass is 321 g/mol. The lowest BCUT2D eigenvalue weighted by Crippen LogP contribution is -2.41. The average molecular weight is 321 g/mol. The number of aromatic nitrogens is 1. The quantitative estimate of drug-likeness (QED) is 0.647. The number of hydrogen-bond donors (Lipinski definition) is 3. The van der Waals surface area contributed by atoms with E-state index < -0.39 is 0 Å². The molecule has 122 valence electrons. The summed E-state index contributed by atoms with van der Waals surface area (Å²) < 4.78 is 0. The molecule has 0 aliphatic carbocycles. The van der Waals surface area contributed by atoms with E-state index in [2.05, 4.69) is 35.7 Å². The number of carbonyl (C=O) groups excluding carboxylic acids is 2. The van der Waals surface area contributed by atoms with Crippen molar-refractivity contribution < 1.29 is 9.59 Å². The van der Waals surface area contributed by atoms with Crippen molar-refractivity contribution in [3.63, 3.8) is 0 Å². The van der Waals surface area contributed by atoms with Crippen LogP contribution in [0.15, 0.2) is 54.6 Å². The predicted octanol–water partition coefficient (Wildman–Crippen LogP) is 3.37. The molecular formula is C19H19N3O2. The van der Waals surface area contributed by atoms with Crippen molar-refractivity contribution >= 4 is 22.7 Å². The summed E-state index contributed by atoms with van der Waals surface area (Å²) in [7, 11) is 0. The van der Waals surface area contributed by atoms with Crippen LogP contribution in [0.4, 0.5) is 0 Å². The van der Waals surface area contributed by atoms with Gasteiger partial charge in [0.05, 0.1) is 0 Å². The van der Waals surface area contributed by atoms with Crippen molar-refractivity contribution in [3.05, 3.63) is 71.4 Å². The van der Waals surface area contributed by atoms with E-state index in [1.807, 2.05) is 18.2 Å². The van der Waals surface area contributed by atoms with Gasteiger partial charge in [0.1, 0.15) is 5.69 Å². The number of rotatable bonds is 3. The zero-order valence-corrected chi connectivity index (χ0v) is 13.6. The van der Waals surface area contributed by atoms with Gasteiger partial charge in [-0.05, 0) is 41.8 Å². The third kappa shape index (κ3) is 3.30. The first-order chi connectivity index (χ1) is 11.5. The third-order valence-electron chi connectivity index (χ3n) is 3.88. The fourth-order valence-corrected chi connectivity index (χ4v) is 2.48. The Morgan fingerprint density at radius 3 is 2.33 bits per heavy atom. The van der Waals surface area contributed by atoms with Gasteiger partial charge in [-0.2, -0.15) is 0 Å². The van der Waals surface area contributed by atoms with E-state index >= 15 is 0 Å². The molecule has 2 aromatic carbocycles. The lowest BCUT2D eigenvalue weighted by Gasteiger charge is -2.05. The Hall–Kier alpha value is -3.08. The Bertz CT molecular complexity index is 882. The van der Waals surface area contributed by atoms with E-state index in [1.54, 1.807) is 30.3 Å². The second-order valence-electron chi connectivity index (χ2n) is 5.96. The van der Waals surface area contributed by atoms with E-state index in [1.165, 1.54) is 5.56 Å². The highest BCUT2D eigenvalue weighted by atomic mass is 16.2. The summed E-state index contributed by atoms with van der Waals surface area (Å²) in [5, 5.41) is 0.973. The Morgan fingerprint density at radius 1 is 0.917 bits per heavy atom. The molecule has 0 radical (unpaired) electrons. The summed E-state index contributed by atoms with van der Waals surface area (Å²) in [6.45, 7) is 4.25. The summed E-state index contributed by atoms with van der Waals surface area (Å²) in [5.74, 6) is -0.324. The lowest BCUT2D eigenvalue weighted by molar-refractivity contribution is 0.0844. The van der Waals surface area contributed by atoms with Gasteiger partial charge in [-0.25, -0.2) is 0 Å². The largest absolute Gasteiger partial charge is 0.350 e. The number of hydrazine groups is 1. The highest BCUT2D eigenvalue weighted by Gasteiger charge is 2.12. The number of aromatic amines is 1. The Labute approximate surface area is 140 Å². The first-order valence-electron chi connectivity index (χ1n) is 7.83. The van der Waals surface area contributed by atoms with E-state index in [-0.39, 0.29) is 11.8 Å². The van der Waals surface area contributed by atoms with Gasteiger partial charge in [0.15, 0.2) is 0 Å². The maximum Gasteiger partial charge on any atom is 0.286 e. The van der Waals surface area contributed by atoms with Crippen LogP contribution >= 0.6 is 0 Å². The van der Waals surface area contributed by atoms with Gasteiger partial charge in [-0.3, -0.25) is 20.4 Å². The van der Waals surface area contributed by atoms with Gasteiger partial charge >= 0.3 is 0 Å². The molecule has 0 bridgehead atoms. The first kappa shape index (κ1) is 15.8. The molecule has 5 nitrogen and oxygen atoms in total. The van der Waals surface area contributed by atoms with Gasteiger partial charge < -0.3 is 4.98 Å². The van der Waals surface area contributed by atoms with E-state index in [0.29, 0.717) is 17.2 Å². The van der Waals surface area contributed by atoms with Gasteiger partial charge in [0.2, 0.25) is 0 Å². The third-order valence-corrected chi connectivity index (χ3v) is 3.88. The van der Waals surface area contributed by atoms with Gasteiger partial charge in [-0.15, -0.1) is 0 Å². The fraction of sp³-hybridized carbons (Fsp3) is 0.158. The van der Waals surface area contributed by atoms with Crippen molar-refractivity contribution in [1.82, 2.24) is 15.8 Å². The minimum Gasteiger partial charge on any atom is -0.350 e. The molecule has 5 heteroatoms. The number of nitrogens with one attached hydrogen (secondary N) is 3. The molecule has 2 amide bonds. The molecule has 0 aliphatic heterocycles. The second kappa shape index (κ2) is 6.58. The van der Waals surface area contributed by atoms with Crippen molar-refractivity contribution in [3.8, 4) is 0 Å². The van der Waals surface area contributed by atoms with Crippen molar-refractivity contribution in [2.45, 2.75) is 19.8 Å². The highest BCUT2D eigenvalue weighted by Crippen LogP contribution is 2.22. The van der Waals surface area contributed by atoms with Crippen LogP contribution in [-0.4, -0.2) is 16.8 Å². The van der Waals surface area contributed by atoms with Crippen LogP contribution in [0.5, 0.6) is 0 Å². The van der Waals surface area contributed by atoms with E-state index in [4.69, 9.17) is 0 Å². The van der Waals surface area contributed by atoms with Gasteiger partial charge in [-0.1, -0.05) is 38.1 Å². The van der Waals surface area contributed by atoms with Crippen LogP contribution in [0.25, 0.3) is 10.9 Å². The van der Waals surface area contributed by atoms with Crippen LogP contribution in [0.2, 0.25) is 0 Å². The first-order valence-corrected chi connectivity index (χ1v) is 7.83. The number of benzene rings is 2. The Balaban J connectivity index is 1.71. The number of amides is 2. The molecule has 1 heterocycles. The molecule has 24 heavy (non-hydrogen) atoms. The van der Waals surface area contributed by atoms with Crippen molar-refractivity contribution in [1.29, 1.82) is 0 Å². The molecule has 3 aromatic rings. The minimum atomic E-state index is -0.387. The smallest absolute Gasteiger partial charge is 0.286 e. The molecule has 1 aromatic heterocycles. The summed E-state index contributed by atoms with van der Waals surface area (Å²) in [6, 6.07) is 16.6. The molecular weight excluding hydrogens is 302 g/mol. The summed E-state index contributed by atoms with van der Waals surface area (Å²) in [4.78, 5) is 27.2. The summed E-state index contributed by atoms with van der Waals surface area (Å²) in [5.41, 5.74) is 7.82. The number of carbonyl (C=O) groups is 2. The Morgan fingerprint density at radius 2 is 1.62 bits per heavy atom. The van der Waals surface area contributed by atoms with Crippen molar-refractivity contribution in [2.24, 2.45) is 0 Å². The van der Waals surface area contributed by atoms with E-state index in [0.717, 1.165) is 10.9 Å². The van der Waals surface area contributed by atoms with Crippen molar-refractivity contribution in [2.75, 3.05) is 0 Å². The maximum atomic E-state index is 12.2. The van der Waals surface area contributed by atoms with Gasteiger partial charge in [0, 0.05) is 16.5 Å². The molecule has 3 N–H and O–H groups in total. The van der Waals surface area contributed by atoms with Gasteiger partial charge in [0.25, 0.3) is 11.8 Å². The summed E-state index contributed by atoms with van der Waals surface area (Å²) in [6.07, 6.45) is 0. The predicted molar refractivity (Wildman–Crippen MR) is 93.8 cm³/mol. The Kier molecular flexibility index (Phi) is 4.33. The molecule has 0 spiro atoms. The highest BCUT2D eigenvalue weighted by molar-refractivity contribution is 6.00. The molecule has 0 saturated heterocycles. The van der Waals surface area contributed by atoms with Crippen LogP contribution < -0.4 is 10.9 Å². The molecule has 0 saturated carbocycles. The van der Waals surface area contributed by atoms with Crippen LogP contribution in [-0.2, 0) is 0 Å². The standard InChI is InChI=1S/C19H19N3O2/c1-12(2)14-8-9-16-15(10-14)11-17(20-16)19(24)22-21-18(23)13-6-4-3-5-7-13/h3-12,20H,1-2H3,(H,21,23)(H,22,24). The number of fused-ring (bicyclic) bond motifs is 1.